The SMILES string of the molecule is O=C(NCCc1cccs1)NC(CO)C(=O)O. The molecule has 0 aliphatic heterocycles. The Labute approximate surface area is 102 Å². The lowest BCUT2D eigenvalue weighted by molar-refractivity contribution is -0.140. The molecule has 0 aromatic carbocycles. The summed E-state index contributed by atoms with van der Waals surface area (Å²) in [6, 6.07) is 2.02. The van der Waals surface area contributed by atoms with Gasteiger partial charge in [0.2, 0.25) is 0 Å². The van der Waals surface area contributed by atoms with Gasteiger partial charge in [-0.25, -0.2) is 9.59 Å². The summed E-state index contributed by atoms with van der Waals surface area (Å²) in [6.07, 6.45) is 0.696. The standard InChI is InChI=1S/C10H14N2O4S/c13-6-8(9(14)15)12-10(16)11-4-3-7-2-1-5-17-7/h1-2,5,8,13H,3-4,6H2,(H,14,15)(H2,11,12,16). The molecule has 4 N–H and O–H groups in total. The largest absolute Gasteiger partial charge is 0.480 e. The zero-order chi connectivity index (χ0) is 12.7. The number of urea groups is 1. The molecule has 1 unspecified atom stereocenters. The van der Waals surface area contributed by atoms with E-state index in [1.165, 1.54) is 0 Å². The lowest BCUT2D eigenvalue weighted by Gasteiger charge is -2.12. The normalized spacial score (nSPS) is 11.8. The highest BCUT2D eigenvalue weighted by molar-refractivity contribution is 7.09. The Morgan fingerprint density at radius 1 is 1.47 bits per heavy atom. The van der Waals surface area contributed by atoms with E-state index >= 15 is 0 Å². The van der Waals surface area contributed by atoms with Crippen LogP contribution in [0.25, 0.3) is 0 Å². The number of hydrogen-bond acceptors (Lipinski definition) is 4. The van der Waals surface area contributed by atoms with Gasteiger partial charge in [-0.2, -0.15) is 0 Å². The van der Waals surface area contributed by atoms with E-state index in [0.29, 0.717) is 13.0 Å². The van der Waals surface area contributed by atoms with Gasteiger partial charge in [0.25, 0.3) is 0 Å². The molecule has 2 amide bonds. The van der Waals surface area contributed by atoms with Gasteiger partial charge in [-0.05, 0) is 17.9 Å². The summed E-state index contributed by atoms with van der Waals surface area (Å²) in [5.74, 6) is -1.26. The minimum absolute atomic E-state index is 0.421. The fourth-order valence-corrected chi connectivity index (χ4v) is 1.86. The highest BCUT2D eigenvalue weighted by Crippen LogP contribution is 2.07. The Balaban J connectivity index is 2.23. The van der Waals surface area contributed by atoms with E-state index in [4.69, 9.17) is 10.2 Å². The van der Waals surface area contributed by atoms with Crippen LogP contribution in [0, 0.1) is 0 Å². The maximum Gasteiger partial charge on any atom is 0.328 e. The van der Waals surface area contributed by atoms with Gasteiger partial charge in [0.1, 0.15) is 0 Å². The number of rotatable bonds is 6. The average Bonchev–Trinajstić information content (AvgIpc) is 2.78. The summed E-state index contributed by atoms with van der Waals surface area (Å²) in [7, 11) is 0. The zero-order valence-electron chi connectivity index (χ0n) is 9.05. The third-order valence-corrected chi connectivity index (χ3v) is 2.96. The number of hydrogen-bond donors (Lipinski definition) is 4. The van der Waals surface area contributed by atoms with Crippen molar-refractivity contribution in [1.82, 2.24) is 10.6 Å². The first kappa shape index (κ1) is 13.5. The predicted octanol–water partition coefficient (Wildman–Crippen LogP) is 0.0353. The van der Waals surface area contributed by atoms with Crippen LogP contribution in [0.4, 0.5) is 4.79 Å². The molecular weight excluding hydrogens is 244 g/mol. The topological polar surface area (TPSA) is 98.7 Å². The Kier molecular flexibility index (Phi) is 5.44. The summed E-state index contributed by atoms with van der Waals surface area (Å²) in [5, 5.41) is 23.9. The minimum atomic E-state index is -1.27. The molecule has 0 saturated heterocycles. The molecule has 1 atom stereocenters. The number of amides is 2. The molecule has 7 heteroatoms. The van der Waals surface area contributed by atoms with Crippen LogP contribution in [-0.2, 0) is 11.2 Å². The van der Waals surface area contributed by atoms with E-state index in [-0.39, 0.29) is 0 Å². The molecule has 0 fully saturated rings. The van der Waals surface area contributed by atoms with Crippen LogP contribution >= 0.6 is 11.3 Å². The quantitative estimate of drug-likeness (QED) is 0.579. The lowest BCUT2D eigenvalue weighted by atomic mass is 10.3. The third kappa shape index (κ3) is 4.83. The highest BCUT2D eigenvalue weighted by atomic mass is 32.1. The fourth-order valence-electron chi connectivity index (χ4n) is 1.15. The van der Waals surface area contributed by atoms with Crippen molar-refractivity contribution in [1.29, 1.82) is 0 Å². The first-order chi connectivity index (χ1) is 8.13. The maximum absolute atomic E-state index is 11.3. The van der Waals surface area contributed by atoms with Crippen LogP contribution in [-0.4, -0.2) is 41.4 Å². The van der Waals surface area contributed by atoms with Gasteiger partial charge in [0.15, 0.2) is 6.04 Å². The first-order valence-electron chi connectivity index (χ1n) is 5.04. The van der Waals surface area contributed by atoms with Gasteiger partial charge in [-0.3, -0.25) is 0 Å². The van der Waals surface area contributed by atoms with E-state index in [2.05, 4.69) is 10.6 Å². The smallest absolute Gasteiger partial charge is 0.328 e. The van der Waals surface area contributed by atoms with Gasteiger partial charge in [0, 0.05) is 11.4 Å². The predicted molar refractivity (Wildman–Crippen MR) is 63.1 cm³/mol. The van der Waals surface area contributed by atoms with Crippen molar-refractivity contribution in [3.05, 3.63) is 22.4 Å². The summed E-state index contributed by atoms with van der Waals surface area (Å²) in [6.45, 7) is -0.211. The molecule has 0 aliphatic rings. The van der Waals surface area contributed by atoms with Gasteiger partial charge in [-0.15, -0.1) is 11.3 Å². The molecule has 0 saturated carbocycles. The first-order valence-corrected chi connectivity index (χ1v) is 5.92. The number of aliphatic carboxylic acids is 1. The Hall–Kier alpha value is -1.60. The van der Waals surface area contributed by atoms with Gasteiger partial charge < -0.3 is 20.8 Å². The van der Waals surface area contributed by atoms with Crippen LogP contribution in [0.5, 0.6) is 0 Å². The highest BCUT2D eigenvalue weighted by Gasteiger charge is 2.17. The molecule has 6 nitrogen and oxygen atoms in total. The number of aliphatic hydroxyl groups is 1. The average molecular weight is 258 g/mol. The number of nitrogens with one attached hydrogen (secondary N) is 2. The Bertz CT molecular complexity index is 366. The van der Waals surface area contributed by atoms with Crippen LogP contribution in [0.2, 0.25) is 0 Å². The Morgan fingerprint density at radius 3 is 2.76 bits per heavy atom. The van der Waals surface area contributed by atoms with E-state index in [1.54, 1.807) is 11.3 Å². The summed E-state index contributed by atoms with van der Waals surface area (Å²) in [5.41, 5.74) is 0. The lowest BCUT2D eigenvalue weighted by Crippen LogP contribution is -2.48. The molecule has 0 radical (unpaired) electrons. The second-order valence-electron chi connectivity index (χ2n) is 3.30. The fraction of sp³-hybridized carbons (Fsp3) is 0.400. The van der Waals surface area contributed by atoms with Crippen LogP contribution < -0.4 is 10.6 Å². The van der Waals surface area contributed by atoms with Crippen molar-refractivity contribution < 1.29 is 19.8 Å². The third-order valence-electron chi connectivity index (χ3n) is 2.02. The van der Waals surface area contributed by atoms with Crippen molar-refractivity contribution in [2.45, 2.75) is 12.5 Å². The molecule has 1 aromatic heterocycles. The van der Waals surface area contributed by atoms with Crippen molar-refractivity contribution in [2.24, 2.45) is 0 Å². The molecule has 1 aromatic rings. The summed E-state index contributed by atoms with van der Waals surface area (Å²) >= 11 is 1.59. The van der Waals surface area contributed by atoms with Crippen LogP contribution in [0.3, 0.4) is 0 Å². The number of thiophene rings is 1. The molecule has 1 rings (SSSR count). The van der Waals surface area contributed by atoms with Gasteiger partial charge in [0.05, 0.1) is 6.61 Å². The minimum Gasteiger partial charge on any atom is -0.480 e. The number of carboxylic acids is 1. The molecule has 0 bridgehead atoms. The van der Waals surface area contributed by atoms with Crippen molar-refractivity contribution in [3.63, 3.8) is 0 Å². The molecule has 17 heavy (non-hydrogen) atoms. The molecule has 1 heterocycles. The van der Waals surface area contributed by atoms with Crippen LogP contribution in [0.15, 0.2) is 17.5 Å². The second kappa shape index (κ2) is 6.87. The Morgan fingerprint density at radius 2 is 2.24 bits per heavy atom. The van der Waals surface area contributed by atoms with Crippen molar-refractivity contribution in [3.8, 4) is 0 Å². The van der Waals surface area contributed by atoms with Gasteiger partial charge in [-0.1, -0.05) is 6.07 Å². The van der Waals surface area contributed by atoms with E-state index in [0.717, 1.165) is 4.88 Å². The molecular formula is C10H14N2O4S. The van der Waals surface area contributed by atoms with Crippen LogP contribution in [0.1, 0.15) is 4.88 Å². The number of carbonyl (C=O) groups is 2. The van der Waals surface area contributed by atoms with Crippen molar-refractivity contribution >= 4 is 23.3 Å². The monoisotopic (exact) mass is 258 g/mol. The van der Waals surface area contributed by atoms with E-state index in [9.17, 15) is 9.59 Å². The summed E-state index contributed by atoms with van der Waals surface area (Å²) < 4.78 is 0. The number of carbonyl (C=O) groups excluding carboxylic acids is 1. The van der Waals surface area contributed by atoms with E-state index in [1.807, 2.05) is 17.5 Å². The molecule has 94 valence electrons. The van der Waals surface area contributed by atoms with E-state index < -0.39 is 24.6 Å². The molecule has 0 aliphatic carbocycles. The molecule has 0 spiro atoms. The zero-order valence-corrected chi connectivity index (χ0v) is 9.87. The van der Waals surface area contributed by atoms with Crippen molar-refractivity contribution in [2.75, 3.05) is 13.2 Å². The number of carboxylic acid groups (broad SMARTS) is 1. The van der Waals surface area contributed by atoms with Gasteiger partial charge >= 0.3 is 12.0 Å². The summed E-state index contributed by atoms with van der Waals surface area (Å²) in [4.78, 5) is 22.9. The maximum atomic E-state index is 11.3. The second-order valence-corrected chi connectivity index (χ2v) is 4.34. The number of aliphatic hydroxyl groups excluding tert-OH is 1.